The van der Waals surface area contributed by atoms with Crippen LogP contribution < -0.4 is 5.73 Å². The van der Waals surface area contributed by atoms with Gasteiger partial charge in [0.25, 0.3) is 0 Å². The summed E-state index contributed by atoms with van der Waals surface area (Å²) in [5.74, 6) is -0.0795. The molecule has 0 aliphatic heterocycles. The molecule has 0 radical (unpaired) electrons. The molecule has 21 heavy (non-hydrogen) atoms. The predicted octanol–water partition coefficient (Wildman–Crippen LogP) is 3.70. The highest BCUT2D eigenvalue weighted by atomic mass is 16.3. The number of aryl methyl sites for hydroxylation is 4. The maximum absolute atomic E-state index is 10.9. The van der Waals surface area contributed by atoms with Gasteiger partial charge in [-0.3, -0.25) is 0 Å². The van der Waals surface area contributed by atoms with Crippen LogP contribution in [0.15, 0.2) is 36.4 Å². The Balaban J connectivity index is 2.43. The van der Waals surface area contributed by atoms with Crippen molar-refractivity contribution in [3.63, 3.8) is 0 Å². The Morgan fingerprint density at radius 1 is 0.905 bits per heavy atom. The van der Waals surface area contributed by atoms with Crippen molar-refractivity contribution in [3.05, 3.63) is 69.8 Å². The van der Waals surface area contributed by atoms with Crippen LogP contribution in [0.5, 0.6) is 0 Å². The van der Waals surface area contributed by atoms with Gasteiger partial charge in [-0.25, -0.2) is 0 Å². The second kappa shape index (κ2) is 6.42. The summed E-state index contributed by atoms with van der Waals surface area (Å²) in [6.07, 6.45) is -0.571. The largest absolute Gasteiger partial charge is 0.388 e. The van der Waals surface area contributed by atoms with Crippen molar-refractivity contribution in [2.24, 2.45) is 5.73 Å². The highest BCUT2D eigenvalue weighted by Crippen LogP contribution is 2.34. The summed E-state index contributed by atoms with van der Waals surface area (Å²) in [4.78, 5) is 0. The number of hydrogen-bond donors (Lipinski definition) is 2. The first-order valence-electron chi connectivity index (χ1n) is 7.47. The molecule has 0 bridgehead atoms. The molecule has 112 valence electrons. The van der Waals surface area contributed by atoms with Crippen molar-refractivity contribution >= 4 is 0 Å². The Hall–Kier alpha value is -1.64. The molecule has 0 saturated carbocycles. The van der Waals surface area contributed by atoms with E-state index in [0.29, 0.717) is 6.54 Å². The first-order chi connectivity index (χ1) is 9.95. The van der Waals surface area contributed by atoms with E-state index < -0.39 is 6.10 Å². The third-order valence-corrected chi connectivity index (χ3v) is 4.43. The Bertz CT molecular complexity index is 613. The maximum Gasteiger partial charge on any atom is 0.0875 e. The van der Waals surface area contributed by atoms with Crippen LogP contribution in [0.1, 0.15) is 45.4 Å². The summed E-state index contributed by atoms with van der Waals surface area (Å²) in [6, 6.07) is 12.4. The number of hydrogen-bond acceptors (Lipinski definition) is 2. The minimum absolute atomic E-state index is 0.0795. The SMILES string of the molecule is Cc1ccc(C(CN)C(O)c2c(C)cccc2C)cc1C. The minimum atomic E-state index is -0.571. The highest BCUT2D eigenvalue weighted by molar-refractivity contribution is 5.39. The Morgan fingerprint density at radius 2 is 1.52 bits per heavy atom. The summed E-state index contributed by atoms with van der Waals surface area (Å²) >= 11 is 0. The van der Waals surface area contributed by atoms with Gasteiger partial charge in [-0.15, -0.1) is 0 Å². The minimum Gasteiger partial charge on any atom is -0.388 e. The average molecular weight is 283 g/mol. The lowest BCUT2D eigenvalue weighted by Crippen LogP contribution is -2.21. The molecule has 2 rings (SSSR count). The van der Waals surface area contributed by atoms with Crippen molar-refractivity contribution in [1.82, 2.24) is 0 Å². The van der Waals surface area contributed by atoms with E-state index in [1.54, 1.807) is 0 Å². The van der Waals surface area contributed by atoms with E-state index in [4.69, 9.17) is 5.73 Å². The number of benzene rings is 2. The molecule has 0 amide bonds. The van der Waals surface area contributed by atoms with Crippen LogP contribution in [0.4, 0.5) is 0 Å². The van der Waals surface area contributed by atoms with E-state index in [-0.39, 0.29) is 5.92 Å². The maximum atomic E-state index is 10.9. The summed E-state index contributed by atoms with van der Waals surface area (Å²) in [7, 11) is 0. The van der Waals surface area contributed by atoms with Crippen LogP contribution in [0.2, 0.25) is 0 Å². The zero-order valence-electron chi connectivity index (χ0n) is 13.4. The molecule has 2 nitrogen and oxygen atoms in total. The molecule has 0 aliphatic carbocycles. The van der Waals surface area contributed by atoms with Gasteiger partial charge < -0.3 is 10.8 Å². The lowest BCUT2D eigenvalue weighted by molar-refractivity contribution is 0.146. The molecular weight excluding hydrogens is 258 g/mol. The zero-order chi connectivity index (χ0) is 15.6. The summed E-state index contributed by atoms with van der Waals surface area (Å²) in [5.41, 5.74) is 12.8. The fraction of sp³-hybridized carbons (Fsp3) is 0.368. The van der Waals surface area contributed by atoms with Crippen molar-refractivity contribution in [1.29, 1.82) is 0 Å². The van der Waals surface area contributed by atoms with Crippen LogP contribution in [0.3, 0.4) is 0 Å². The van der Waals surface area contributed by atoms with E-state index in [2.05, 4.69) is 32.0 Å². The van der Waals surface area contributed by atoms with Gasteiger partial charge in [-0.2, -0.15) is 0 Å². The van der Waals surface area contributed by atoms with E-state index >= 15 is 0 Å². The molecule has 2 atom stereocenters. The van der Waals surface area contributed by atoms with Crippen molar-refractivity contribution in [3.8, 4) is 0 Å². The highest BCUT2D eigenvalue weighted by Gasteiger charge is 2.24. The van der Waals surface area contributed by atoms with Gasteiger partial charge in [0.15, 0.2) is 0 Å². The normalized spacial score (nSPS) is 14.0. The van der Waals surface area contributed by atoms with Gasteiger partial charge >= 0.3 is 0 Å². The molecule has 0 fully saturated rings. The van der Waals surface area contributed by atoms with Crippen LogP contribution >= 0.6 is 0 Å². The van der Waals surface area contributed by atoms with Crippen molar-refractivity contribution in [2.75, 3.05) is 6.54 Å². The van der Waals surface area contributed by atoms with Gasteiger partial charge in [0.05, 0.1) is 6.10 Å². The molecule has 0 spiro atoms. The van der Waals surface area contributed by atoms with Gasteiger partial charge in [-0.05, 0) is 61.1 Å². The van der Waals surface area contributed by atoms with Gasteiger partial charge in [0.2, 0.25) is 0 Å². The van der Waals surface area contributed by atoms with E-state index in [9.17, 15) is 5.11 Å². The lowest BCUT2D eigenvalue weighted by atomic mass is 9.84. The predicted molar refractivity (Wildman–Crippen MR) is 88.6 cm³/mol. The second-order valence-corrected chi connectivity index (χ2v) is 5.94. The lowest BCUT2D eigenvalue weighted by Gasteiger charge is -2.25. The average Bonchev–Trinajstić information content (AvgIpc) is 2.43. The molecule has 2 unspecified atom stereocenters. The summed E-state index contributed by atoms with van der Waals surface area (Å²) < 4.78 is 0. The Kier molecular flexibility index (Phi) is 4.81. The van der Waals surface area contributed by atoms with Crippen LogP contribution in [0, 0.1) is 27.7 Å². The van der Waals surface area contributed by atoms with E-state index in [1.165, 1.54) is 11.1 Å². The van der Waals surface area contributed by atoms with E-state index in [0.717, 1.165) is 22.3 Å². The number of aliphatic hydroxyl groups excluding tert-OH is 1. The molecule has 3 N–H and O–H groups in total. The molecule has 2 aromatic rings. The van der Waals surface area contributed by atoms with Crippen molar-refractivity contribution in [2.45, 2.75) is 39.7 Å². The van der Waals surface area contributed by atoms with E-state index in [1.807, 2.05) is 32.0 Å². The fourth-order valence-electron chi connectivity index (χ4n) is 2.94. The third kappa shape index (κ3) is 3.17. The topological polar surface area (TPSA) is 46.2 Å². The first kappa shape index (κ1) is 15.7. The quantitative estimate of drug-likeness (QED) is 0.899. The molecule has 0 heterocycles. The number of rotatable bonds is 4. The standard InChI is InChI=1S/C19H25NO/c1-12-8-9-16(10-15(12)4)17(11-20)19(21)18-13(2)6-5-7-14(18)3/h5-10,17,19,21H,11,20H2,1-4H3. The van der Waals surface area contributed by atoms with Gasteiger partial charge in [0, 0.05) is 12.5 Å². The molecule has 2 heteroatoms. The fourth-order valence-corrected chi connectivity index (χ4v) is 2.94. The molecule has 0 aromatic heterocycles. The zero-order valence-corrected chi connectivity index (χ0v) is 13.4. The second-order valence-electron chi connectivity index (χ2n) is 5.94. The molecule has 0 saturated heterocycles. The Labute approximate surface area is 127 Å². The molecule has 0 aliphatic rings. The number of nitrogens with two attached hydrogens (primary N) is 1. The van der Waals surface area contributed by atoms with Gasteiger partial charge in [-0.1, -0.05) is 36.4 Å². The smallest absolute Gasteiger partial charge is 0.0875 e. The monoisotopic (exact) mass is 283 g/mol. The summed E-state index contributed by atoms with van der Waals surface area (Å²) in [5, 5.41) is 10.9. The van der Waals surface area contributed by atoms with Gasteiger partial charge in [0.1, 0.15) is 0 Å². The Morgan fingerprint density at radius 3 is 2.05 bits per heavy atom. The van der Waals surface area contributed by atoms with Crippen molar-refractivity contribution < 1.29 is 5.11 Å². The molecule has 2 aromatic carbocycles. The van der Waals surface area contributed by atoms with Crippen LogP contribution in [-0.4, -0.2) is 11.7 Å². The molecular formula is C19H25NO. The third-order valence-electron chi connectivity index (χ3n) is 4.43. The summed E-state index contributed by atoms with van der Waals surface area (Å²) in [6.45, 7) is 8.70. The van der Waals surface area contributed by atoms with Crippen LogP contribution in [-0.2, 0) is 0 Å². The first-order valence-corrected chi connectivity index (χ1v) is 7.47. The number of aliphatic hydroxyl groups is 1. The van der Waals surface area contributed by atoms with Crippen LogP contribution in [0.25, 0.3) is 0 Å².